The average molecular weight is 404 g/mol. The number of carbonyl (C=O) groups is 1. The van der Waals surface area contributed by atoms with Gasteiger partial charge in [-0.05, 0) is 30.5 Å². The molecule has 0 radical (unpaired) electrons. The second-order valence-corrected chi connectivity index (χ2v) is 8.08. The van der Waals surface area contributed by atoms with Crippen molar-refractivity contribution in [3.05, 3.63) is 82.4 Å². The van der Waals surface area contributed by atoms with E-state index in [0.717, 1.165) is 49.8 Å². The Morgan fingerprint density at radius 1 is 1.03 bits per heavy atom. The first-order valence-electron chi connectivity index (χ1n) is 10.6. The second-order valence-electron chi connectivity index (χ2n) is 8.08. The topological polar surface area (TPSA) is 63.1 Å². The molecule has 1 aliphatic rings. The van der Waals surface area contributed by atoms with Gasteiger partial charge in [-0.25, -0.2) is 0 Å². The van der Waals surface area contributed by atoms with Crippen LogP contribution in [0.5, 0.6) is 0 Å². The molecule has 1 N–H and O–H groups in total. The third-order valence-electron chi connectivity index (χ3n) is 5.74. The lowest BCUT2D eigenvalue weighted by molar-refractivity contribution is -0.120. The summed E-state index contributed by atoms with van der Waals surface area (Å²) in [6.45, 7) is 8.44. The highest BCUT2D eigenvalue weighted by molar-refractivity contribution is 5.78. The lowest BCUT2D eigenvalue weighted by Crippen LogP contribution is -2.28. The lowest BCUT2D eigenvalue weighted by atomic mass is 10.1. The quantitative estimate of drug-likeness (QED) is 0.688. The summed E-state index contributed by atoms with van der Waals surface area (Å²) in [6.07, 6.45) is 1.25. The highest BCUT2D eigenvalue weighted by Crippen LogP contribution is 2.16. The Kier molecular flexibility index (Phi) is 6.23. The number of nitrogens with zero attached hydrogens (tertiary/aromatic N) is 4. The third kappa shape index (κ3) is 4.94. The van der Waals surface area contributed by atoms with Crippen LogP contribution in [0.1, 0.15) is 33.9 Å². The Bertz CT molecular complexity index is 1010. The molecular formula is C24H29N5O. The molecule has 0 saturated carbocycles. The van der Waals surface area contributed by atoms with Crippen molar-refractivity contribution in [3.8, 4) is 0 Å². The largest absolute Gasteiger partial charge is 0.349 e. The Labute approximate surface area is 177 Å². The number of nitrogens with one attached hydrogen (secondary N) is 1. The molecule has 6 nitrogen and oxygen atoms in total. The molecular weight excluding hydrogens is 374 g/mol. The molecule has 0 spiro atoms. The van der Waals surface area contributed by atoms with E-state index < -0.39 is 0 Å². The first-order valence-corrected chi connectivity index (χ1v) is 10.6. The summed E-state index contributed by atoms with van der Waals surface area (Å²) in [4.78, 5) is 14.8. The van der Waals surface area contributed by atoms with Gasteiger partial charge in [0.1, 0.15) is 5.82 Å². The number of hydrogen-bond acceptors (Lipinski definition) is 4. The predicted octanol–water partition coefficient (Wildman–Crippen LogP) is 2.81. The van der Waals surface area contributed by atoms with E-state index in [1.807, 2.05) is 30.3 Å². The Hall–Kier alpha value is -2.99. The van der Waals surface area contributed by atoms with Crippen LogP contribution in [0.3, 0.4) is 0 Å². The van der Waals surface area contributed by atoms with E-state index in [0.29, 0.717) is 13.0 Å². The summed E-state index contributed by atoms with van der Waals surface area (Å²) in [6, 6.07) is 16.5. The smallest absolute Gasteiger partial charge is 0.224 e. The maximum Gasteiger partial charge on any atom is 0.224 e. The molecule has 156 valence electrons. The highest BCUT2D eigenvalue weighted by atomic mass is 16.1. The molecule has 3 aromatic rings. The van der Waals surface area contributed by atoms with Gasteiger partial charge in [0.25, 0.3) is 0 Å². The van der Waals surface area contributed by atoms with Crippen molar-refractivity contribution < 1.29 is 4.79 Å². The van der Waals surface area contributed by atoms with Crippen LogP contribution >= 0.6 is 0 Å². The number of aryl methyl sites for hydroxylation is 2. The van der Waals surface area contributed by atoms with E-state index in [4.69, 9.17) is 0 Å². The van der Waals surface area contributed by atoms with Gasteiger partial charge in [0.15, 0.2) is 5.82 Å². The number of fused-ring (bicyclic) bond motifs is 1. The zero-order chi connectivity index (χ0) is 20.9. The highest BCUT2D eigenvalue weighted by Gasteiger charge is 2.19. The summed E-state index contributed by atoms with van der Waals surface area (Å²) >= 11 is 0. The number of benzene rings is 2. The lowest BCUT2D eigenvalue weighted by Gasteiger charge is -2.21. The molecule has 1 aliphatic heterocycles. The van der Waals surface area contributed by atoms with E-state index in [9.17, 15) is 4.79 Å². The Morgan fingerprint density at radius 2 is 1.87 bits per heavy atom. The Morgan fingerprint density at radius 3 is 2.67 bits per heavy atom. The van der Waals surface area contributed by atoms with Gasteiger partial charge in [0.2, 0.25) is 5.91 Å². The summed E-state index contributed by atoms with van der Waals surface area (Å²) in [7, 11) is 0. The first-order chi connectivity index (χ1) is 14.6. The summed E-state index contributed by atoms with van der Waals surface area (Å²) in [5.74, 6) is 1.84. The molecule has 0 fully saturated rings. The van der Waals surface area contributed by atoms with Crippen molar-refractivity contribution in [1.82, 2.24) is 25.0 Å². The van der Waals surface area contributed by atoms with Crippen LogP contribution in [-0.4, -0.2) is 38.7 Å². The SMILES string of the molecule is Cc1ccc(CN2CCc3nnc(CNC(=O)Cc4ccccc4)n3CC2)c(C)c1. The van der Waals surface area contributed by atoms with Crippen LogP contribution in [0.4, 0.5) is 0 Å². The minimum atomic E-state index is 0.00337. The number of hydrogen-bond donors (Lipinski definition) is 1. The van der Waals surface area contributed by atoms with Crippen LogP contribution in [0.25, 0.3) is 0 Å². The number of aromatic nitrogens is 3. The predicted molar refractivity (Wildman–Crippen MR) is 117 cm³/mol. The normalized spacial score (nSPS) is 14.2. The number of carbonyl (C=O) groups excluding carboxylic acids is 1. The zero-order valence-corrected chi connectivity index (χ0v) is 17.8. The van der Waals surface area contributed by atoms with E-state index in [-0.39, 0.29) is 5.91 Å². The number of amides is 1. The van der Waals surface area contributed by atoms with E-state index in [1.54, 1.807) is 0 Å². The molecule has 4 rings (SSSR count). The van der Waals surface area contributed by atoms with E-state index in [1.165, 1.54) is 16.7 Å². The molecule has 1 amide bonds. The fourth-order valence-corrected chi connectivity index (χ4v) is 4.00. The fourth-order valence-electron chi connectivity index (χ4n) is 4.00. The van der Waals surface area contributed by atoms with Crippen LogP contribution in [-0.2, 0) is 37.3 Å². The summed E-state index contributed by atoms with van der Waals surface area (Å²) in [5.41, 5.74) is 5.04. The van der Waals surface area contributed by atoms with Crippen molar-refractivity contribution in [2.24, 2.45) is 0 Å². The first kappa shape index (κ1) is 20.3. The third-order valence-corrected chi connectivity index (χ3v) is 5.74. The van der Waals surface area contributed by atoms with Crippen LogP contribution < -0.4 is 5.32 Å². The van der Waals surface area contributed by atoms with Gasteiger partial charge in [-0.15, -0.1) is 10.2 Å². The number of rotatable bonds is 6. The standard InChI is InChI=1S/C24H29N5O/c1-18-8-9-21(19(2)14-18)17-28-11-10-22-26-27-23(29(22)13-12-28)16-25-24(30)15-20-6-4-3-5-7-20/h3-9,14H,10-13,15-17H2,1-2H3,(H,25,30). The monoisotopic (exact) mass is 403 g/mol. The van der Waals surface area contributed by atoms with E-state index in [2.05, 4.69) is 57.0 Å². The van der Waals surface area contributed by atoms with Gasteiger partial charge in [0.05, 0.1) is 13.0 Å². The van der Waals surface area contributed by atoms with Gasteiger partial charge < -0.3 is 9.88 Å². The van der Waals surface area contributed by atoms with Gasteiger partial charge in [-0.3, -0.25) is 9.69 Å². The molecule has 2 aromatic carbocycles. The molecule has 0 saturated heterocycles. The van der Waals surface area contributed by atoms with Crippen molar-refractivity contribution >= 4 is 5.91 Å². The molecule has 0 unspecified atom stereocenters. The van der Waals surface area contributed by atoms with E-state index >= 15 is 0 Å². The van der Waals surface area contributed by atoms with Crippen molar-refractivity contribution in [1.29, 1.82) is 0 Å². The molecule has 0 bridgehead atoms. The molecule has 6 heteroatoms. The van der Waals surface area contributed by atoms with Crippen LogP contribution in [0, 0.1) is 13.8 Å². The fraction of sp³-hybridized carbons (Fsp3) is 0.375. The van der Waals surface area contributed by atoms with Crippen molar-refractivity contribution in [3.63, 3.8) is 0 Å². The maximum absolute atomic E-state index is 12.3. The average Bonchev–Trinajstić information content (AvgIpc) is 3.01. The van der Waals surface area contributed by atoms with Crippen LogP contribution in [0.2, 0.25) is 0 Å². The maximum atomic E-state index is 12.3. The summed E-state index contributed by atoms with van der Waals surface area (Å²) < 4.78 is 2.17. The second kappa shape index (κ2) is 9.22. The molecule has 0 aliphatic carbocycles. The van der Waals surface area contributed by atoms with Gasteiger partial charge in [0, 0.05) is 32.6 Å². The molecule has 2 heterocycles. The molecule has 1 aromatic heterocycles. The minimum absolute atomic E-state index is 0.00337. The van der Waals surface area contributed by atoms with Gasteiger partial charge in [-0.2, -0.15) is 0 Å². The molecule has 30 heavy (non-hydrogen) atoms. The van der Waals surface area contributed by atoms with Gasteiger partial charge >= 0.3 is 0 Å². The molecule has 0 atom stereocenters. The summed E-state index contributed by atoms with van der Waals surface area (Å²) in [5, 5.41) is 11.7. The zero-order valence-electron chi connectivity index (χ0n) is 17.8. The minimum Gasteiger partial charge on any atom is -0.349 e. The van der Waals surface area contributed by atoms with Gasteiger partial charge in [-0.1, -0.05) is 54.1 Å². The van der Waals surface area contributed by atoms with Crippen molar-refractivity contribution in [2.75, 3.05) is 13.1 Å². The Balaban J connectivity index is 1.34. The van der Waals surface area contributed by atoms with Crippen LogP contribution in [0.15, 0.2) is 48.5 Å². The van der Waals surface area contributed by atoms with Crippen molar-refractivity contribution in [2.45, 2.75) is 46.3 Å².